The molecule has 7 nitrogen and oxygen atoms in total. The van der Waals surface area contributed by atoms with E-state index in [-0.39, 0.29) is 5.91 Å². The molecule has 0 aliphatic carbocycles. The molecule has 1 amide bonds. The maximum absolute atomic E-state index is 13.4. The third-order valence-electron chi connectivity index (χ3n) is 4.71. The van der Waals surface area contributed by atoms with Crippen LogP contribution in [0.1, 0.15) is 16.2 Å². The summed E-state index contributed by atoms with van der Waals surface area (Å²) in [4.78, 5) is 29.7. The third-order valence-corrected chi connectivity index (χ3v) is 4.71. The summed E-state index contributed by atoms with van der Waals surface area (Å²) >= 11 is 0. The minimum Gasteiger partial charge on any atom is -0.353 e. The first-order valence-corrected chi connectivity index (χ1v) is 9.42. The number of hydrogen-bond acceptors (Lipinski definition) is 6. The second-order valence-corrected chi connectivity index (χ2v) is 6.79. The minimum absolute atomic E-state index is 0.152. The molecule has 2 aromatic heterocycles. The number of anilines is 3. The lowest BCUT2D eigenvalue weighted by Crippen LogP contribution is -2.49. The van der Waals surface area contributed by atoms with Crippen molar-refractivity contribution in [2.75, 3.05) is 36.4 Å². The topological polar surface area (TPSA) is 74.2 Å². The molecule has 4 rings (SSSR count). The van der Waals surface area contributed by atoms with Gasteiger partial charge in [-0.25, -0.2) is 19.3 Å². The molecular formula is C21H21FN6O. The van der Waals surface area contributed by atoms with Crippen molar-refractivity contribution in [2.24, 2.45) is 0 Å². The number of carbonyl (C=O) groups excluding carboxylic acids is 1. The maximum atomic E-state index is 13.4. The monoisotopic (exact) mass is 392 g/mol. The Balaban J connectivity index is 1.43. The molecule has 1 N–H and O–H groups in total. The van der Waals surface area contributed by atoms with Gasteiger partial charge in [0, 0.05) is 44.0 Å². The van der Waals surface area contributed by atoms with E-state index in [1.54, 1.807) is 23.2 Å². The van der Waals surface area contributed by atoms with Crippen LogP contribution in [0.25, 0.3) is 0 Å². The molecule has 3 heterocycles. The van der Waals surface area contributed by atoms with Crippen molar-refractivity contribution < 1.29 is 9.18 Å². The largest absolute Gasteiger partial charge is 0.353 e. The van der Waals surface area contributed by atoms with Crippen LogP contribution in [0, 0.1) is 12.7 Å². The Bertz CT molecular complexity index is 1010. The summed E-state index contributed by atoms with van der Waals surface area (Å²) in [5, 5.41) is 3.19. The number of nitrogens with zero attached hydrogens (tertiary/aromatic N) is 5. The van der Waals surface area contributed by atoms with E-state index in [2.05, 4.69) is 25.2 Å². The summed E-state index contributed by atoms with van der Waals surface area (Å²) < 4.78 is 13.4. The quantitative estimate of drug-likeness (QED) is 0.736. The van der Waals surface area contributed by atoms with E-state index >= 15 is 0 Å². The molecule has 1 aromatic carbocycles. The average molecular weight is 392 g/mol. The molecule has 1 aliphatic rings. The highest BCUT2D eigenvalue weighted by molar-refractivity contribution is 5.94. The summed E-state index contributed by atoms with van der Waals surface area (Å²) in [5.74, 6) is 2.28. The van der Waals surface area contributed by atoms with E-state index in [9.17, 15) is 9.18 Å². The predicted molar refractivity (Wildman–Crippen MR) is 109 cm³/mol. The van der Waals surface area contributed by atoms with Gasteiger partial charge in [0.15, 0.2) is 0 Å². The molecule has 8 heteroatoms. The number of aryl methyl sites for hydroxylation is 1. The van der Waals surface area contributed by atoms with Crippen molar-refractivity contribution in [3.63, 3.8) is 0 Å². The van der Waals surface area contributed by atoms with Crippen molar-refractivity contribution in [3.05, 3.63) is 71.9 Å². The van der Waals surface area contributed by atoms with Gasteiger partial charge in [-0.3, -0.25) is 4.79 Å². The first-order chi connectivity index (χ1) is 14.1. The second kappa shape index (κ2) is 8.22. The first kappa shape index (κ1) is 18.8. The van der Waals surface area contributed by atoms with Crippen molar-refractivity contribution in [1.82, 2.24) is 19.9 Å². The fourth-order valence-corrected chi connectivity index (χ4v) is 3.29. The zero-order valence-corrected chi connectivity index (χ0v) is 16.0. The SMILES string of the molecule is Cc1nc(Nc2ccccn2)cc(N2CCN(C(=O)c3cccc(F)c3)CC2)n1. The Morgan fingerprint density at radius 1 is 1.00 bits per heavy atom. The number of nitrogens with one attached hydrogen (secondary N) is 1. The van der Waals surface area contributed by atoms with Gasteiger partial charge in [-0.1, -0.05) is 12.1 Å². The predicted octanol–water partition coefficient (Wildman–Crippen LogP) is 3.03. The lowest BCUT2D eigenvalue weighted by atomic mass is 10.1. The molecule has 0 bridgehead atoms. The number of hydrogen-bond donors (Lipinski definition) is 1. The summed E-state index contributed by atoms with van der Waals surface area (Å²) in [6.45, 7) is 4.21. The van der Waals surface area contributed by atoms with Gasteiger partial charge < -0.3 is 15.1 Å². The zero-order chi connectivity index (χ0) is 20.2. The van der Waals surface area contributed by atoms with Crippen LogP contribution < -0.4 is 10.2 Å². The van der Waals surface area contributed by atoms with Crippen LogP contribution in [0.15, 0.2) is 54.7 Å². The van der Waals surface area contributed by atoms with E-state index in [1.807, 2.05) is 31.2 Å². The van der Waals surface area contributed by atoms with Crippen molar-refractivity contribution in [3.8, 4) is 0 Å². The fourth-order valence-electron chi connectivity index (χ4n) is 3.29. The van der Waals surface area contributed by atoms with Gasteiger partial charge in [-0.15, -0.1) is 0 Å². The standard InChI is InChI=1S/C21H21FN6O/c1-15-24-19(26-18-7-2-3-8-23-18)14-20(25-15)27-9-11-28(12-10-27)21(29)16-5-4-6-17(22)13-16/h2-8,13-14H,9-12H2,1H3,(H,23,24,25,26). The van der Waals surface area contributed by atoms with Gasteiger partial charge in [0.25, 0.3) is 5.91 Å². The number of piperazine rings is 1. The number of rotatable bonds is 4. The minimum atomic E-state index is -0.404. The first-order valence-electron chi connectivity index (χ1n) is 9.42. The van der Waals surface area contributed by atoms with Gasteiger partial charge in [0.1, 0.15) is 29.1 Å². The molecule has 0 atom stereocenters. The Kier molecular flexibility index (Phi) is 5.33. The van der Waals surface area contributed by atoms with Gasteiger partial charge in [0.2, 0.25) is 0 Å². The highest BCUT2D eigenvalue weighted by atomic mass is 19.1. The van der Waals surface area contributed by atoms with Crippen LogP contribution in [-0.2, 0) is 0 Å². The summed E-state index contributed by atoms with van der Waals surface area (Å²) in [5.41, 5.74) is 0.373. The third kappa shape index (κ3) is 4.48. The average Bonchev–Trinajstić information content (AvgIpc) is 2.74. The van der Waals surface area contributed by atoms with Gasteiger partial charge in [0.05, 0.1) is 0 Å². The Labute approximate surface area is 168 Å². The van der Waals surface area contributed by atoms with Crippen molar-refractivity contribution in [1.29, 1.82) is 0 Å². The van der Waals surface area contributed by atoms with Crippen LogP contribution >= 0.6 is 0 Å². The second-order valence-electron chi connectivity index (χ2n) is 6.79. The van der Waals surface area contributed by atoms with E-state index in [0.29, 0.717) is 49.2 Å². The molecule has 0 unspecified atom stereocenters. The number of pyridine rings is 1. The van der Waals surface area contributed by atoms with E-state index < -0.39 is 5.82 Å². The Hall–Kier alpha value is -3.55. The molecule has 0 saturated carbocycles. The fraction of sp³-hybridized carbons (Fsp3) is 0.238. The summed E-state index contributed by atoms with van der Waals surface area (Å²) in [6.07, 6.45) is 1.71. The molecule has 0 radical (unpaired) electrons. The molecule has 148 valence electrons. The molecule has 1 aliphatic heterocycles. The van der Waals surface area contributed by atoms with Crippen LogP contribution in [-0.4, -0.2) is 51.9 Å². The normalized spacial score (nSPS) is 14.0. The number of halogens is 1. The van der Waals surface area contributed by atoms with Crippen LogP contribution in [0.4, 0.5) is 21.8 Å². The highest BCUT2D eigenvalue weighted by Crippen LogP contribution is 2.20. The maximum Gasteiger partial charge on any atom is 0.254 e. The van der Waals surface area contributed by atoms with Crippen molar-refractivity contribution in [2.45, 2.75) is 6.92 Å². The number of aromatic nitrogens is 3. The zero-order valence-electron chi connectivity index (χ0n) is 16.0. The number of benzene rings is 1. The molecule has 29 heavy (non-hydrogen) atoms. The smallest absolute Gasteiger partial charge is 0.254 e. The molecular weight excluding hydrogens is 371 g/mol. The lowest BCUT2D eigenvalue weighted by Gasteiger charge is -2.35. The Morgan fingerprint density at radius 2 is 1.83 bits per heavy atom. The summed E-state index contributed by atoms with van der Waals surface area (Å²) in [6, 6.07) is 13.3. The van der Waals surface area contributed by atoms with Crippen molar-refractivity contribution >= 4 is 23.4 Å². The van der Waals surface area contributed by atoms with Gasteiger partial charge in [-0.2, -0.15) is 0 Å². The van der Waals surface area contributed by atoms with Crippen LogP contribution in [0.2, 0.25) is 0 Å². The molecule has 1 saturated heterocycles. The number of amides is 1. The number of carbonyl (C=O) groups is 1. The van der Waals surface area contributed by atoms with E-state index in [0.717, 1.165) is 5.82 Å². The Morgan fingerprint density at radius 3 is 2.55 bits per heavy atom. The summed E-state index contributed by atoms with van der Waals surface area (Å²) in [7, 11) is 0. The van der Waals surface area contributed by atoms with Gasteiger partial charge in [-0.05, 0) is 37.3 Å². The molecule has 1 fully saturated rings. The van der Waals surface area contributed by atoms with E-state index in [4.69, 9.17) is 0 Å². The molecule has 3 aromatic rings. The van der Waals surface area contributed by atoms with Gasteiger partial charge >= 0.3 is 0 Å². The van der Waals surface area contributed by atoms with E-state index in [1.165, 1.54) is 12.1 Å². The van der Waals surface area contributed by atoms with Crippen LogP contribution in [0.3, 0.4) is 0 Å². The molecule has 0 spiro atoms. The highest BCUT2D eigenvalue weighted by Gasteiger charge is 2.23. The lowest BCUT2D eigenvalue weighted by molar-refractivity contribution is 0.0746. The van der Waals surface area contributed by atoms with Crippen LogP contribution in [0.5, 0.6) is 0 Å².